The van der Waals surface area contributed by atoms with Crippen molar-refractivity contribution in [3.63, 3.8) is 0 Å². The van der Waals surface area contributed by atoms with Crippen molar-refractivity contribution in [1.29, 1.82) is 0 Å². The van der Waals surface area contributed by atoms with Crippen molar-refractivity contribution in [2.24, 2.45) is 16.8 Å². The highest BCUT2D eigenvalue weighted by Crippen LogP contribution is 2.24. The molecule has 0 radical (unpaired) electrons. The summed E-state index contributed by atoms with van der Waals surface area (Å²) in [6, 6.07) is 7.29. The number of nitrogens with zero attached hydrogens (tertiary/aromatic N) is 2. The molecule has 1 aromatic rings. The molecular weight excluding hydrogens is 404 g/mol. The lowest BCUT2D eigenvalue weighted by atomic mass is 9.99. The second-order valence-electron chi connectivity index (χ2n) is 7.98. The van der Waals surface area contributed by atoms with Crippen LogP contribution in [0.5, 0.6) is 0 Å². The first-order valence-corrected chi connectivity index (χ1v) is 12.0. The van der Waals surface area contributed by atoms with Crippen molar-refractivity contribution in [1.82, 2.24) is 14.9 Å². The SMILES string of the molecule is CCNC(=NCc1ccccc1CS(=O)(=O)NC(C)C)N1CC(C)C(C(=O)OC)C1. The van der Waals surface area contributed by atoms with E-state index in [1.165, 1.54) is 7.11 Å². The molecule has 1 aliphatic rings. The molecule has 0 spiro atoms. The van der Waals surface area contributed by atoms with E-state index in [1.54, 1.807) is 13.8 Å². The number of methoxy groups -OCH3 is 1. The number of nitrogens with one attached hydrogen (secondary N) is 2. The van der Waals surface area contributed by atoms with Crippen LogP contribution in [0.15, 0.2) is 29.3 Å². The number of rotatable bonds is 8. The smallest absolute Gasteiger partial charge is 0.310 e. The highest BCUT2D eigenvalue weighted by atomic mass is 32.2. The zero-order chi connectivity index (χ0) is 22.3. The van der Waals surface area contributed by atoms with Gasteiger partial charge < -0.3 is 15.0 Å². The molecule has 1 fully saturated rings. The first kappa shape index (κ1) is 24.1. The van der Waals surface area contributed by atoms with Crippen LogP contribution in [-0.4, -0.2) is 58.0 Å². The molecule has 8 nitrogen and oxygen atoms in total. The van der Waals surface area contributed by atoms with E-state index < -0.39 is 10.0 Å². The Labute approximate surface area is 180 Å². The van der Waals surface area contributed by atoms with Crippen LogP contribution >= 0.6 is 0 Å². The van der Waals surface area contributed by atoms with E-state index in [9.17, 15) is 13.2 Å². The van der Waals surface area contributed by atoms with Crippen LogP contribution in [0.3, 0.4) is 0 Å². The van der Waals surface area contributed by atoms with Gasteiger partial charge in [0.1, 0.15) is 0 Å². The fourth-order valence-corrected chi connectivity index (χ4v) is 5.13. The van der Waals surface area contributed by atoms with Crippen LogP contribution in [-0.2, 0) is 31.9 Å². The molecule has 2 N–H and O–H groups in total. The Morgan fingerprint density at radius 1 is 1.27 bits per heavy atom. The predicted molar refractivity (Wildman–Crippen MR) is 118 cm³/mol. The minimum atomic E-state index is -3.42. The molecular formula is C21H34N4O4S. The third-order valence-electron chi connectivity index (χ3n) is 5.03. The molecule has 0 saturated carbocycles. The molecule has 1 saturated heterocycles. The number of carbonyl (C=O) groups excluding carboxylic acids is 1. The average Bonchev–Trinajstić information content (AvgIpc) is 3.05. The van der Waals surface area contributed by atoms with Gasteiger partial charge in [0.2, 0.25) is 10.0 Å². The molecule has 2 unspecified atom stereocenters. The fourth-order valence-electron chi connectivity index (χ4n) is 3.64. The van der Waals surface area contributed by atoms with Crippen molar-refractivity contribution >= 4 is 22.0 Å². The Morgan fingerprint density at radius 3 is 2.53 bits per heavy atom. The Hall–Kier alpha value is -2.13. The quantitative estimate of drug-likeness (QED) is 0.364. The molecule has 9 heteroatoms. The first-order valence-electron chi connectivity index (χ1n) is 10.3. The van der Waals surface area contributed by atoms with Gasteiger partial charge in [0.15, 0.2) is 5.96 Å². The third kappa shape index (κ3) is 6.70. The van der Waals surface area contributed by atoms with Gasteiger partial charge in [0.05, 0.1) is 25.3 Å². The van der Waals surface area contributed by atoms with E-state index in [0.717, 1.165) is 11.1 Å². The fraction of sp³-hybridized carbons (Fsp3) is 0.619. The summed E-state index contributed by atoms with van der Waals surface area (Å²) < 4.78 is 32.3. The number of benzene rings is 1. The van der Waals surface area contributed by atoms with E-state index in [0.29, 0.717) is 32.1 Å². The number of sulfonamides is 1. The molecule has 0 amide bonds. The summed E-state index contributed by atoms with van der Waals surface area (Å²) in [5, 5.41) is 3.28. The van der Waals surface area contributed by atoms with Crippen LogP contribution in [0, 0.1) is 11.8 Å². The minimum absolute atomic E-state index is 0.0847. The summed E-state index contributed by atoms with van der Waals surface area (Å²) in [6.45, 7) is 9.93. The summed E-state index contributed by atoms with van der Waals surface area (Å²) >= 11 is 0. The molecule has 30 heavy (non-hydrogen) atoms. The maximum absolute atomic E-state index is 12.4. The van der Waals surface area contributed by atoms with Gasteiger partial charge in [-0.1, -0.05) is 31.2 Å². The lowest BCUT2D eigenvalue weighted by Gasteiger charge is -2.21. The summed E-state index contributed by atoms with van der Waals surface area (Å²) in [6.07, 6.45) is 0. The van der Waals surface area contributed by atoms with Gasteiger partial charge in [-0.25, -0.2) is 18.1 Å². The minimum Gasteiger partial charge on any atom is -0.469 e. The molecule has 0 aromatic heterocycles. The monoisotopic (exact) mass is 438 g/mol. The molecule has 168 valence electrons. The Morgan fingerprint density at radius 2 is 1.93 bits per heavy atom. The second-order valence-corrected chi connectivity index (χ2v) is 9.74. The van der Waals surface area contributed by atoms with Crippen molar-refractivity contribution in [2.75, 3.05) is 26.7 Å². The number of guanidine groups is 1. The highest BCUT2D eigenvalue weighted by Gasteiger charge is 2.36. The summed E-state index contributed by atoms with van der Waals surface area (Å²) in [5.41, 5.74) is 1.59. The zero-order valence-electron chi connectivity index (χ0n) is 18.5. The normalized spacial score (nSPS) is 19.9. The number of likely N-dealkylation sites (tertiary alicyclic amines) is 1. The molecule has 1 aliphatic heterocycles. The topological polar surface area (TPSA) is 100 Å². The number of hydrogen-bond acceptors (Lipinski definition) is 5. The molecule has 2 atom stereocenters. The van der Waals surface area contributed by atoms with Gasteiger partial charge in [-0.15, -0.1) is 0 Å². The van der Waals surface area contributed by atoms with E-state index in [2.05, 4.69) is 14.9 Å². The molecule has 0 bridgehead atoms. The van der Waals surface area contributed by atoms with Gasteiger partial charge in [-0.2, -0.15) is 0 Å². The second kappa shape index (κ2) is 10.8. The van der Waals surface area contributed by atoms with E-state index in [1.807, 2.05) is 38.1 Å². The number of hydrogen-bond donors (Lipinski definition) is 2. The van der Waals surface area contributed by atoms with E-state index in [-0.39, 0.29) is 29.6 Å². The lowest BCUT2D eigenvalue weighted by molar-refractivity contribution is -0.145. The first-order chi connectivity index (χ1) is 14.2. The Kier molecular flexibility index (Phi) is 8.66. The van der Waals surface area contributed by atoms with E-state index >= 15 is 0 Å². The summed E-state index contributed by atoms with van der Waals surface area (Å²) in [5.74, 6) is 0.417. The highest BCUT2D eigenvalue weighted by molar-refractivity contribution is 7.88. The van der Waals surface area contributed by atoms with Gasteiger partial charge in [-0.3, -0.25) is 4.79 Å². The predicted octanol–water partition coefficient (Wildman–Crippen LogP) is 1.72. The Balaban J connectivity index is 2.19. The average molecular weight is 439 g/mol. The van der Waals surface area contributed by atoms with Crippen molar-refractivity contribution < 1.29 is 17.9 Å². The van der Waals surface area contributed by atoms with E-state index in [4.69, 9.17) is 9.73 Å². The molecule has 1 aromatic carbocycles. The maximum atomic E-state index is 12.4. The Bertz CT molecular complexity index is 854. The largest absolute Gasteiger partial charge is 0.469 e. The van der Waals surface area contributed by atoms with Crippen LogP contribution in [0.2, 0.25) is 0 Å². The maximum Gasteiger partial charge on any atom is 0.310 e. The zero-order valence-corrected chi connectivity index (χ0v) is 19.3. The summed E-state index contributed by atoms with van der Waals surface area (Å²) in [4.78, 5) is 18.8. The van der Waals surface area contributed by atoms with Gasteiger partial charge in [-0.05, 0) is 37.8 Å². The summed E-state index contributed by atoms with van der Waals surface area (Å²) in [7, 11) is -2.01. The van der Waals surface area contributed by atoms with Crippen molar-refractivity contribution in [2.45, 2.75) is 46.0 Å². The van der Waals surface area contributed by atoms with Crippen LogP contribution in [0.25, 0.3) is 0 Å². The standard InChI is InChI=1S/C21H34N4O4S/c1-6-22-21(25-12-16(4)19(13-25)20(26)29-5)23-11-17-9-7-8-10-18(17)14-30(27,28)24-15(2)3/h7-10,15-16,19,24H,6,11-14H2,1-5H3,(H,22,23). The van der Waals surface area contributed by atoms with Crippen LogP contribution in [0.4, 0.5) is 0 Å². The number of aliphatic imine (C=N–C) groups is 1. The molecule has 1 heterocycles. The van der Waals surface area contributed by atoms with Gasteiger partial charge in [0, 0.05) is 25.7 Å². The number of carbonyl (C=O) groups is 1. The van der Waals surface area contributed by atoms with Crippen molar-refractivity contribution in [3.8, 4) is 0 Å². The number of esters is 1. The third-order valence-corrected chi connectivity index (χ3v) is 6.55. The van der Waals surface area contributed by atoms with Gasteiger partial charge >= 0.3 is 5.97 Å². The number of ether oxygens (including phenoxy) is 1. The van der Waals surface area contributed by atoms with Crippen molar-refractivity contribution in [3.05, 3.63) is 35.4 Å². The lowest BCUT2D eigenvalue weighted by Crippen LogP contribution is -2.40. The van der Waals surface area contributed by atoms with Crippen LogP contribution in [0.1, 0.15) is 38.8 Å². The molecule has 2 rings (SSSR count). The molecule has 0 aliphatic carbocycles. The van der Waals surface area contributed by atoms with Crippen LogP contribution < -0.4 is 10.0 Å². The van der Waals surface area contributed by atoms with Gasteiger partial charge in [0.25, 0.3) is 0 Å².